The molecule has 4 aliphatic carbocycles. The Balaban J connectivity index is 1.68. The van der Waals surface area contributed by atoms with Crippen LogP contribution in [0.15, 0.2) is 53.0 Å². The maximum atomic E-state index is 14.4. The number of aromatic hydroxyl groups is 1. The first-order valence-corrected chi connectivity index (χ1v) is 14.9. The fourth-order valence-electron chi connectivity index (χ4n) is 9.00. The zero-order valence-corrected chi connectivity index (χ0v) is 25.3. The molecule has 0 spiro atoms. The van der Waals surface area contributed by atoms with Gasteiger partial charge in [-0.3, -0.25) is 14.4 Å². The van der Waals surface area contributed by atoms with E-state index < -0.39 is 74.7 Å². The summed E-state index contributed by atoms with van der Waals surface area (Å²) >= 11 is 0. The molecule has 6 atom stereocenters. The topological polar surface area (TPSA) is 152 Å². The molecule has 0 heterocycles. The Morgan fingerprint density at radius 2 is 1.65 bits per heavy atom. The van der Waals surface area contributed by atoms with Gasteiger partial charge in [0.1, 0.15) is 22.8 Å². The molecule has 5 N–H and O–H groups in total. The summed E-state index contributed by atoms with van der Waals surface area (Å²) in [5, 5.41) is 59.1. The number of Topliss-reactive ketones (excluding diaryl/α,β-unsaturated/α-hetero) is 3. The van der Waals surface area contributed by atoms with Crippen LogP contribution in [-0.4, -0.2) is 54.6 Å². The number of aliphatic hydroxyl groups is 4. The van der Waals surface area contributed by atoms with Crippen LogP contribution in [0.25, 0.3) is 11.1 Å². The molecule has 0 aromatic heterocycles. The lowest BCUT2D eigenvalue weighted by molar-refractivity contribution is -0.211. The Bertz CT molecular complexity index is 1710. The first-order valence-electron chi connectivity index (χ1n) is 14.9. The van der Waals surface area contributed by atoms with Crippen molar-refractivity contribution in [1.82, 2.24) is 0 Å². The summed E-state index contributed by atoms with van der Waals surface area (Å²) < 4.78 is 0. The first-order chi connectivity index (χ1) is 20.1. The average Bonchev–Trinajstić information content (AvgIpc) is 3.41. The van der Waals surface area contributed by atoms with Gasteiger partial charge < -0.3 is 25.5 Å². The number of phenols is 1. The molecule has 0 radical (unpaired) electrons. The van der Waals surface area contributed by atoms with E-state index in [9.17, 15) is 39.9 Å². The normalized spacial score (nSPS) is 33.4. The highest BCUT2D eigenvalue weighted by Gasteiger charge is 2.76. The van der Waals surface area contributed by atoms with Crippen molar-refractivity contribution in [2.75, 3.05) is 0 Å². The van der Waals surface area contributed by atoms with E-state index >= 15 is 0 Å². The van der Waals surface area contributed by atoms with Crippen molar-refractivity contribution in [2.24, 2.45) is 22.7 Å². The van der Waals surface area contributed by atoms with E-state index in [0.29, 0.717) is 11.1 Å². The second-order valence-corrected chi connectivity index (χ2v) is 13.6. The zero-order chi connectivity index (χ0) is 31.5. The van der Waals surface area contributed by atoms with Crippen LogP contribution in [0.1, 0.15) is 80.9 Å². The molecule has 226 valence electrons. The number of hydrogen-bond acceptors (Lipinski definition) is 8. The largest absolute Gasteiger partial charge is 0.511 e. The number of aliphatic hydroxyl groups excluding tert-OH is 3. The van der Waals surface area contributed by atoms with Crippen molar-refractivity contribution in [3.63, 3.8) is 0 Å². The number of carbonyl (C=O) groups excluding carboxylic acids is 3. The maximum absolute atomic E-state index is 14.4. The molecule has 0 saturated heterocycles. The van der Waals surface area contributed by atoms with Gasteiger partial charge in [-0.25, -0.2) is 0 Å². The number of fused-ring (bicyclic) bond motifs is 4. The summed E-state index contributed by atoms with van der Waals surface area (Å²) in [6.07, 6.45) is 1.34. The lowest BCUT2D eigenvalue weighted by Gasteiger charge is -2.63. The Labute approximate surface area is 250 Å². The van der Waals surface area contributed by atoms with Gasteiger partial charge >= 0.3 is 0 Å². The van der Waals surface area contributed by atoms with E-state index in [-0.39, 0.29) is 16.9 Å². The van der Waals surface area contributed by atoms with E-state index in [1.165, 1.54) is 24.1 Å². The number of phenolic OH excluding ortho intramolecular Hbond substituents is 1. The lowest BCUT2D eigenvalue weighted by atomic mass is 9.41. The standard InChI is InChI=1S/C35H38O8/c1-15(2)26-28(38)24(17(4)36)30(40)35(43)31(41)27-29(39)25-22(37)13-12-21(20-11-10-18-8-7-9-19(18)14-20)23(25)16(3)33(27,5)32(42)34(26,35)6/h10-16,26,32,37-38,41-43H,7-9H2,1-6H3/t16-,26?,32-,33+,34+,35+/m1/s1. The molecular formula is C35H38O8. The van der Waals surface area contributed by atoms with E-state index in [4.69, 9.17) is 0 Å². The van der Waals surface area contributed by atoms with Gasteiger partial charge in [0.25, 0.3) is 0 Å². The van der Waals surface area contributed by atoms with Crippen LogP contribution >= 0.6 is 0 Å². The van der Waals surface area contributed by atoms with Crippen molar-refractivity contribution in [3.8, 4) is 16.9 Å². The number of carbonyl (C=O) groups is 3. The summed E-state index contributed by atoms with van der Waals surface area (Å²) in [7, 11) is 0. The fraction of sp³-hybridized carbons (Fsp3) is 0.457. The van der Waals surface area contributed by atoms with Gasteiger partial charge in [0.15, 0.2) is 17.2 Å². The SMILES string of the molecule is CC(=O)C1=C(O)C(C(C)C)[C@@]2(C)[C@H](O)[C@]3(C)C(=C(O)[C@@]2(O)C1=O)C(=O)c1c(O)ccc(-c2ccc4c(c2)CCC4)c1[C@H]3C. The average molecular weight is 587 g/mol. The van der Waals surface area contributed by atoms with Crippen LogP contribution in [0.5, 0.6) is 5.75 Å². The third kappa shape index (κ3) is 3.31. The second kappa shape index (κ2) is 9.13. The Morgan fingerprint density at radius 1 is 1.00 bits per heavy atom. The van der Waals surface area contributed by atoms with Crippen molar-refractivity contribution >= 4 is 17.3 Å². The molecule has 4 aliphatic rings. The number of hydrogen-bond donors (Lipinski definition) is 5. The van der Waals surface area contributed by atoms with Crippen LogP contribution in [0.4, 0.5) is 0 Å². The predicted octanol–water partition coefficient (Wildman–Crippen LogP) is 5.03. The number of rotatable bonds is 3. The van der Waals surface area contributed by atoms with Crippen LogP contribution in [0.3, 0.4) is 0 Å². The number of ketones is 3. The van der Waals surface area contributed by atoms with Gasteiger partial charge in [-0.1, -0.05) is 58.9 Å². The lowest BCUT2D eigenvalue weighted by Crippen LogP contribution is -2.73. The Hall–Kier alpha value is -3.75. The first kappa shape index (κ1) is 29.3. The highest BCUT2D eigenvalue weighted by atomic mass is 16.4. The molecule has 8 nitrogen and oxygen atoms in total. The molecule has 0 saturated carbocycles. The molecule has 2 aromatic carbocycles. The summed E-state index contributed by atoms with van der Waals surface area (Å²) in [4.78, 5) is 41.0. The van der Waals surface area contributed by atoms with Crippen molar-refractivity contribution < 1.29 is 39.9 Å². The number of allylic oxidation sites excluding steroid dienone is 1. The fourth-order valence-corrected chi connectivity index (χ4v) is 9.00. The van der Waals surface area contributed by atoms with Gasteiger partial charge in [-0.2, -0.15) is 0 Å². The van der Waals surface area contributed by atoms with Gasteiger partial charge in [0.2, 0.25) is 5.78 Å². The van der Waals surface area contributed by atoms with Crippen molar-refractivity contribution in [2.45, 2.75) is 78.4 Å². The highest BCUT2D eigenvalue weighted by molar-refractivity contribution is 6.25. The van der Waals surface area contributed by atoms with E-state index in [1.54, 1.807) is 33.8 Å². The summed E-state index contributed by atoms with van der Waals surface area (Å²) in [5.41, 5.74) is -3.01. The van der Waals surface area contributed by atoms with Crippen LogP contribution < -0.4 is 0 Å². The molecule has 0 amide bonds. The van der Waals surface area contributed by atoms with E-state index in [2.05, 4.69) is 12.1 Å². The summed E-state index contributed by atoms with van der Waals surface area (Å²) in [5.74, 6) is -7.09. The minimum absolute atomic E-state index is 0.0715. The molecule has 1 unspecified atom stereocenters. The van der Waals surface area contributed by atoms with Crippen molar-refractivity contribution in [1.29, 1.82) is 0 Å². The summed E-state index contributed by atoms with van der Waals surface area (Å²) in [6, 6.07) is 9.31. The molecular weight excluding hydrogens is 548 g/mol. The second-order valence-electron chi connectivity index (χ2n) is 13.6. The third-order valence-electron chi connectivity index (χ3n) is 11.2. The highest BCUT2D eigenvalue weighted by Crippen LogP contribution is 2.68. The van der Waals surface area contributed by atoms with Gasteiger partial charge in [0.05, 0.1) is 17.2 Å². The molecule has 43 heavy (non-hydrogen) atoms. The number of benzene rings is 2. The molecule has 0 fully saturated rings. The van der Waals surface area contributed by atoms with Crippen molar-refractivity contribution in [3.05, 3.63) is 75.3 Å². The zero-order valence-electron chi connectivity index (χ0n) is 25.3. The van der Waals surface area contributed by atoms with Crippen LogP contribution in [0.2, 0.25) is 0 Å². The molecule has 0 bridgehead atoms. The van der Waals surface area contributed by atoms with E-state index in [0.717, 1.165) is 31.7 Å². The van der Waals surface area contributed by atoms with Gasteiger partial charge in [0, 0.05) is 16.7 Å². The molecule has 6 rings (SSSR count). The van der Waals surface area contributed by atoms with Crippen LogP contribution in [-0.2, 0) is 22.4 Å². The Morgan fingerprint density at radius 3 is 2.28 bits per heavy atom. The predicted molar refractivity (Wildman–Crippen MR) is 159 cm³/mol. The quantitative estimate of drug-likeness (QED) is 0.314. The van der Waals surface area contributed by atoms with Gasteiger partial charge in [-0.05, 0) is 71.9 Å². The minimum Gasteiger partial charge on any atom is -0.511 e. The smallest absolute Gasteiger partial charge is 0.209 e. The Kier molecular flexibility index (Phi) is 6.23. The summed E-state index contributed by atoms with van der Waals surface area (Å²) in [6.45, 7) is 9.34. The number of aryl methyl sites for hydroxylation is 2. The van der Waals surface area contributed by atoms with Gasteiger partial charge in [-0.15, -0.1) is 0 Å². The molecule has 8 heteroatoms. The third-order valence-corrected chi connectivity index (χ3v) is 11.2. The molecule has 0 aliphatic heterocycles. The monoisotopic (exact) mass is 586 g/mol. The van der Waals surface area contributed by atoms with Crippen LogP contribution in [0, 0.1) is 22.7 Å². The minimum atomic E-state index is -2.90. The van der Waals surface area contributed by atoms with E-state index in [1.807, 2.05) is 6.07 Å². The molecule has 2 aromatic rings. The maximum Gasteiger partial charge on any atom is 0.209 e.